The van der Waals surface area contributed by atoms with Crippen LogP contribution in [0.25, 0.3) is 11.2 Å². The van der Waals surface area contributed by atoms with E-state index in [9.17, 15) is 14.4 Å². The highest BCUT2D eigenvalue weighted by atomic mass is 79.9. The van der Waals surface area contributed by atoms with E-state index in [0.29, 0.717) is 23.7 Å². The van der Waals surface area contributed by atoms with Crippen molar-refractivity contribution in [2.24, 2.45) is 13.0 Å². The van der Waals surface area contributed by atoms with Gasteiger partial charge in [-0.1, -0.05) is 22.9 Å². The van der Waals surface area contributed by atoms with Gasteiger partial charge >= 0.3 is 5.69 Å². The van der Waals surface area contributed by atoms with Crippen molar-refractivity contribution < 1.29 is 4.79 Å². The van der Waals surface area contributed by atoms with E-state index in [0.717, 1.165) is 21.3 Å². The third-order valence-electron chi connectivity index (χ3n) is 4.96. The fraction of sp³-hybridized carbons (Fsp3) is 0.368. The number of aromatic nitrogens is 4. The van der Waals surface area contributed by atoms with E-state index in [2.05, 4.69) is 32.7 Å². The van der Waals surface area contributed by atoms with Crippen molar-refractivity contribution >= 4 is 44.5 Å². The number of imidazole rings is 1. The maximum Gasteiger partial charge on any atom is 0.332 e. The lowest BCUT2D eigenvalue weighted by Gasteiger charge is -2.33. The summed E-state index contributed by atoms with van der Waals surface area (Å²) in [5.74, 6) is 0.649. The number of ketones is 1. The van der Waals surface area contributed by atoms with Gasteiger partial charge in [0.1, 0.15) is 5.78 Å². The second-order valence-corrected chi connectivity index (χ2v) is 8.24. The van der Waals surface area contributed by atoms with E-state index < -0.39 is 11.2 Å². The van der Waals surface area contributed by atoms with Gasteiger partial charge in [-0.2, -0.15) is 4.98 Å². The lowest BCUT2D eigenvalue weighted by atomic mass is 10.1. The predicted molar refractivity (Wildman–Crippen MR) is 110 cm³/mol. The van der Waals surface area contributed by atoms with E-state index in [1.807, 2.05) is 28.8 Å². The molecular formula is C19H20BrN5O3. The van der Waals surface area contributed by atoms with Gasteiger partial charge in [0.15, 0.2) is 11.2 Å². The number of nitrogens with zero attached hydrogens (tertiary/aromatic N) is 5. The van der Waals surface area contributed by atoms with Crippen LogP contribution in [0.3, 0.4) is 0 Å². The maximum absolute atomic E-state index is 13.1. The van der Waals surface area contributed by atoms with Crippen LogP contribution in [0.4, 0.5) is 11.6 Å². The molecule has 2 aromatic heterocycles. The number of halogens is 1. The van der Waals surface area contributed by atoms with Crippen LogP contribution in [0.2, 0.25) is 0 Å². The number of anilines is 2. The molecule has 0 unspecified atom stereocenters. The summed E-state index contributed by atoms with van der Waals surface area (Å²) in [5.41, 5.74) is 0.636. The van der Waals surface area contributed by atoms with Crippen molar-refractivity contribution in [3.05, 3.63) is 49.6 Å². The molecule has 0 aliphatic carbocycles. The lowest BCUT2D eigenvalue weighted by molar-refractivity contribution is -0.117. The van der Waals surface area contributed by atoms with Crippen molar-refractivity contribution in [1.29, 1.82) is 0 Å². The molecule has 9 heteroatoms. The van der Waals surface area contributed by atoms with E-state index in [1.54, 1.807) is 7.05 Å². The number of carbonyl (C=O) groups excluding carboxylic acids is 1. The van der Waals surface area contributed by atoms with Gasteiger partial charge in [0.05, 0.1) is 6.54 Å². The average Bonchev–Trinajstić information content (AvgIpc) is 3.03. The highest BCUT2D eigenvalue weighted by Gasteiger charge is 2.29. The summed E-state index contributed by atoms with van der Waals surface area (Å²) in [6.45, 7) is 4.59. The van der Waals surface area contributed by atoms with E-state index in [1.165, 1.54) is 11.5 Å². The summed E-state index contributed by atoms with van der Waals surface area (Å²) in [6.07, 6.45) is 0. The number of fused-ring (bicyclic) bond motifs is 3. The Morgan fingerprint density at radius 1 is 1.21 bits per heavy atom. The standard InChI is InChI=1S/C19H20BrN5O3/c1-11-8-23(14-6-4-13(20)5-7-14)18-21-16-15(24(18)9-11)17(27)25(10-12(2)26)19(28)22(16)3/h4-7,11H,8-10H2,1-3H3/t11-/m1/s1. The fourth-order valence-electron chi connectivity index (χ4n) is 3.71. The Hall–Kier alpha value is -2.68. The minimum absolute atomic E-state index is 0.242. The van der Waals surface area contributed by atoms with Crippen LogP contribution < -0.4 is 16.1 Å². The number of hydrogen-bond acceptors (Lipinski definition) is 5. The first-order valence-electron chi connectivity index (χ1n) is 9.00. The highest BCUT2D eigenvalue weighted by Crippen LogP contribution is 2.33. The van der Waals surface area contributed by atoms with Crippen molar-refractivity contribution in [3.63, 3.8) is 0 Å². The molecule has 4 rings (SSSR count). The Kier molecular flexibility index (Phi) is 4.49. The third kappa shape index (κ3) is 2.90. The molecule has 0 bridgehead atoms. The second-order valence-electron chi connectivity index (χ2n) is 7.32. The Morgan fingerprint density at radius 2 is 1.89 bits per heavy atom. The Balaban J connectivity index is 2.00. The summed E-state index contributed by atoms with van der Waals surface area (Å²) in [7, 11) is 1.58. The molecular weight excluding hydrogens is 426 g/mol. The number of benzene rings is 1. The van der Waals surface area contributed by atoms with Crippen LogP contribution in [-0.2, 0) is 24.9 Å². The second kappa shape index (κ2) is 6.73. The molecule has 1 aliphatic rings. The molecule has 0 N–H and O–H groups in total. The molecule has 1 aliphatic heterocycles. The largest absolute Gasteiger partial charge is 0.332 e. The van der Waals surface area contributed by atoms with Crippen molar-refractivity contribution in [3.8, 4) is 0 Å². The molecule has 0 radical (unpaired) electrons. The lowest BCUT2D eigenvalue weighted by Crippen LogP contribution is -2.41. The molecule has 146 valence electrons. The Morgan fingerprint density at radius 3 is 2.54 bits per heavy atom. The van der Waals surface area contributed by atoms with E-state index in [-0.39, 0.29) is 18.2 Å². The molecule has 1 atom stereocenters. The van der Waals surface area contributed by atoms with Crippen LogP contribution in [-0.4, -0.2) is 31.0 Å². The van der Waals surface area contributed by atoms with Gasteiger partial charge in [-0.15, -0.1) is 0 Å². The van der Waals surface area contributed by atoms with Crippen molar-refractivity contribution in [2.45, 2.75) is 26.9 Å². The normalized spacial score (nSPS) is 16.4. The average molecular weight is 446 g/mol. The third-order valence-corrected chi connectivity index (χ3v) is 5.49. The fourth-order valence-corrected chi connectivity index (χ4v) is 3.97. The van der Waals surface area contributed by atoms with Gasteiger partial charge < -0.3 is 9.47 Å². The predicted octanol–water partition coefficient (Wildman–Crippen LogP) is 2.04. The molecule has 3 heterocycles. The molecule has 0 saturated heterocycles. The molecule has 1 aromatic carbocycles. The SMILES string of the molecule is CC(=O)Cn1c(=O)c2c(nc3n2C[C@H](C)CN3c2ccc(Br)cc2)n(C)c1=O. The van der Waals surface area contributed by atoms with E-state index in [4.69, 9.17) is 0 Å². The van der Waals surface area contributed by atoms with Crippen LogP contribution in [0.5, 0.6) is 0 Å². The zero-order valence-electron chi connectivity index (χ0n) is 15.8. The van der Waals surface area contributed by atoms with Crippen molar-refractivity contribution in [1.82, 2.24) is 18.7 Å². The van der Waals surface area contributed by atoms with Gasteiger partial charge in [-0.05, 0) is 37.1 Å². The first-order valence-corrected chi connectivity index (χ1v) is 9.80. The van der Waals surface area contributed by atoms with Crippen LogP contribution in [0.15, 0.2) is 38.3 Å². The van der Waals surface area contributed by atoms with Crippen LogP contribution >= 0.6 is 15.9 Å². The number of hydrogen-bond donors (Lipinski definition) is 0. The minimum Gasteiger partial charge on any atom is -0.312 e. The quantitative estimate of drug-likeness (QED) is 0.615. The Labute approximate surface area is 169 Å². The minimum atomic E-state index is -0.536. The van der Waals surface area contributed by atoms with Gasteiger partial charge in [0.2, 0.25) is 5.95 Å². The summed E-state index contributed by atoms with van der Waals surface area (Å²) < 4.78 is 5.17. The van der Waals surface area contributed by atoms with Gasteiger partial charge in [-0.3, -0.25) is 18.7 Å². The number of Topliss-reactive ketones (excluding diaryl/α,β-unsaturated/α-hetero) is 1. The number of aryl methyl sites for hydroxylation is 1. The summed E-state index contributed by atoms with van der Waals surface area (Å²) in [6, 6.07) is 7.88. The first-order chi connectivity index (χ1) is 13.3. The van der Waals surface area contributed by atoms with Gasteiger partial charge in [0.25, 0.3) is 5.56 Å². The van der Waals surface area contributed by atoms with Gasteiger partial charge in [0, 0.05) is 30.3 Å². The topological polar surface area (TPSA) is 82.1 Å². The van der Waals surface area contributed by atoms with Crippen molar-refractivity contribution in [2.75, 3.05) is 11.4 Å². The summed E-state index contributed by atoms with van der Waals surface area (Å²) in [5, 5.41) is 0. The molecule has 0 amide bonds. The monoisotopic (exact) mass is 445 g/mol. The molecule has 28 heavy (non-hydrogen) atoms. The zero-order valence-corrected chi connectivity index (χ0v) is 17.4. The zero-order chi connectivity index (χ0) is 20.2. The number of carbonyl (C=O) groups is 1. The maximum atomic E-state index is 13.1. The molecule has 3 aromatic rings. The molecule has 8 nitrogen and oxygen atoms in total. The molecule has 0 fully saturated rings. The van der Waals surface area contributed by atoms with Crippen LogP contribution in [0, 0.1) is 5.92 Å². The Bertz CT molecular complexity index is 1210. The van der Waals surface area contributed by atoms with Crippen LogP contribution in [0.1, 0.15) is 13.8 Å². The highest BCUT2D eigenvalue weighted by molar-refractivity contribution is 9.10. The van der Waals surface area contributed by atoms with Gasteiger partial charge in [-0.25, -0.2) is 4.79 Å². The smallest absolute Gasteiger partial charge is 0.312 e. The summed E-state index contributed by atoms with van der Waals surface area (Å²) >= 11 is 3.45. The number of rotatable bonds is 3. The first kappa shape index (κ1) is 18.7. The molecule has 0 spiro atoms. The summed E-state index contributed by atoms with van der Waals surface area (Å²) in [4.78, 5) is 44.0. The van der Waals surface area contributed by atoms with E-state index >= 15 is 0 Å². The molecule has 0 saturated carbocycles.